The summed E-state index contributed by atoms with van der Waals surface area (Å²) in [5.41, 5.74) is 1.45. The standard InChI is InChI=1S/C32H32N4O5/c1-40-27-9-4-10-28(41-2)30(27)26-17-29(34-36(26)25-8-3-7-24-23(25)6-5-11-33-24)35(18-37)32(31(38)39)21-13-19-12-20(15-21)16-22(32)14-19/h3-11,17-22H,12-16H2,1-2H3,(H,38,39). The maximum absolute atomic E-state index is 13.3. The number of pyridine rings is 1. The van der Waals surface area contributed by atoms with Gasteiger partial charge in [-0.2, -0.15) is 0 Å². The highest BCUT2D eigenvalue weighted by Gasteiger charge is 2.64. The lowest BCUT2D eigenvalue weighted by atomic mass is 9.48. The third-order valence-electron chi connectivity index (χ3n) is 9.71. The monoisotopic (exact) mass is 552 g/mol. The SMILES string of the molecule is COc1cccc(OC)c1-c1cc(N(C=O)C2(C(=O)O)C3CC4CC(C3)CC2C4)nn1-c1cccc2ncccc12. The topological polar surface area (TPSA) is 107 Å². The number of carboxylic acids is 1. The van der Waals surface area contributed by atoms with Gasteiger partial charge in [-0.1, -0.05) is 12.1 Å². The molecule has 4 aliphatic rings. The zero-order valence-corrected chi connectivity index (χ0v) is 23.1. The molecule has 9 heteroatoms. The van der Waals surface area contributed by atoms with Crippen LogP contribution < -0.4 is 14.4 Å². The van der Waals surface area contributed by atoms with E-state index in [1.807, 2.05) is 48.5 Å². The number of methoxy groups -OCH3 is 2. The van der Waals surface area contributed by atoms with Crippen LogP contribution in [0, 0.1) is 23.7 Å². The normalized spacial score (nSPS) is 26.2. The lowest BCUT2D eigenvalue weighted by Crippen LogP contribution is -2.70. The van der Waals surface area contributed by atoms with E-state index in [1.54, 1.807) is 31.2 Å². The van der Waals surface area contributed by atoms with Crippen molar-refractivity contribution in [3.8, 4) is 28.4 Å². The zero-order chi connectivity index (χ0) is 28.3. The number of benzene rings is 2. The summed E-state index contributed by atoms with van der Waals surface area (Å²) in [6.07, 6.45) is 6.89. The summed E-state index contributed by atoms with van der Waals surface area (Å²) in [4.78, 5) is 32.3. The van der Waals surface area contributed by atoms with Gasteiger partial charge in [0.15, 0.2) is 11.4 Å². The van der Waals surface area contributed by atoms with E-state index in [0.717, 1.165) is 42.3 Å². The Hall–Kier alpha value is -4.40. The molecule has 0 unspecified atom stereocenters. The number of aromatic nitrogens is 3. The van der Waals surface area contributed by atoms with Crippen LogP contribution in [0.1, 0.15) is 32.1 Å². The number of carboxylic acid groups (broad SMARTS) is 1. The molecule has 0 aliphatic heterocycles. The first-order valence-corrected chi connectivity index (χ1v) is 14.1. The number of hydrogen-bond donors (Lipinski definition) is 1. The molecule has 2 heterocycles. The van der Waals surface area contributed by atoms with Crippen LogP contribution in [0.2, 0.25) is 0 Å². The lowest BCUT2D eigenvalue weighted by Gasteiger charge is -2.61. The molecule has 0 atom stereocenters. The molecule has 4 fully saturated rings. The second kappa shape index (κ2) is 9.61. The second-order valence-electron chi connectivity index (χ2n) is 11.6. The summed E-state index contributed by atoms with van der Waals surface area (Å²) in [5, 5.41) is 16.8. The third-order valence-corrected chi connectivity index (χ3v) is 9.71. The molecule has 1 amide bonds. The number of aliphatic carboxylic acids is 1. The van der Waals surface area contributed by atoms with Gasteiger partial charge in [0.05, 0.1) is 36.7 Å². The van der Waals surface area contributed by atoms with Gasteiger partial charge in [0, 0.05) is 17.6 Å². The number of rotatable bonds is 8. The largest absolute Gasteiger partial charge is 0.496 e. The molecule has 4 bridgehead atoms. The summed E-state index contributed by atoms with van der Waals surface area (Å²) in [7, 11) is 3.18. The van der Waals surface area contributed by atoms with Gasteiger partial charge in [-0.05, 0) is 92.2 Å². The van der Waals surface area contributed by atoms with Crippen LogP contribution >= 0.6 is 0 Å². The molecule has 4 saturated carbocycles. The average molecular weight is 553 g/mol. The Kier molecular flexibility index (Phi) is 5.99. The minimum atomic E-state index is -1.34. The maximum atomic E-state index is 13.3. The van der Waals surface area contributed by atoms with Crippen molar-refractivity contribution in [1.82, 2.24) is 14.8 Å². The van der Waals surface area contributed by atoms with E-state index in [-0.39, 0.29) is 11.8 Å². The molecule has 0 radical (unpaired) electrons. The number of carbonyl (C=O) groups is 2. The van der Waals surface area contributed by atoms with Crippen LogP contribution in [0.4, 0.5) is 5.82 Å². The highest BCUT2D eigenvalue weighted by molar-refractivity contribution is 5.94. The van der Waals surface area contributed by atoms with Gasteiger partial charge in [-0.3, -0.25) is 14.7 Å². The summed E-state index contributed by atoms with van der Waals surface area (Å²) in [5.74, 6) is 1.32. The molecule has 2 aromatic carbocycles. The highest BCUT2D eigenvalue weighted by Crippen LogP contribution is 2.60. The van der Waals surface area contributed by atoms with E-state index in [4.69, 9.17) is 14.6 Å². The predicted octanol–water partition coefficient (Wildman–Crippen LogP) is 5.35. The molecule has 0 spiro atoms. The summed E-state index contributed by atoms with van der Waals surface area (Å²) < 4.78 is 13.3. The van der Waals surface area contributed by atoms with Gasteiger partial charge in [0.2, 0.25) is 6.41 Å². The first-order valence-electron chi connectivity index (χ1n) is 14.1. The van der Waals surface area contributed by atoms with E-state index < -0.39 is 11.5 Å². The van der Waals surface area contributed by atoms with E-state index in [2.05, 4.69) is 4.98 Å². The van der Waals surface area contributed by atoms with Crippen molar-refractivity contribution in [2.45, 2.75) is 37.6 Å². The Morgan fingerprint density at radius 1 is 0.976 bits per heavy atom. The Labute approximate surface area is 237 Å². The molecular weight excluding hydrogens is 520 g/mol. The van der Waals surface area contributed by atoms with Gasteiger partial charge in [0.1, 0.15) is 11.5 Å². The zero-order valence-electron chi connectivity index (χ0n) is 23.1. The molecular formula is C32H32N4O5. The maximum Gasteiger partial charge on any atom is 0.330 e. The number of carbonyl (C=O) groups excluding carboxylic acids is 1. The number of anilines is 1. The Morgan fingerprint density at radius 3 is 2.24 bits per heavy atom. The predicted molar refractivity (Wildman–Crippen MR) is 153 cm³/mol. The van der Waals surface area contributed by atoms with Crippen molar-refractivity contribution in [3.63, 3.8) is 0 Å². The van der Waals surface area contributed by atoms with E-state index >= 15 is 0 Å². The fraction of sp³-hybridized carbons (Fsp3) is 0.375. The summed E-state index contributed by atoms with van der Waals surface area (Å²) in [6.45, 7) is 0. The van der Waals surface area contributed by atoms with Gasteiger partial charge in [-0.15, -0.1) is 5.10 Å². The minimum Gasteiger partial charge on any atom is -0.496 e. The minimum absolute atomic E-state index is 0.113. The number of amides is 1. The molecule has 4 aromatic rings. The van der Waals surface area contributed by atoms with Crippen LogP contribution in [-0.4, -0.2) is 52.0 Å². The van der Waals surface area contributed by atoms with Crippen molar-refractivity contribution in [1.29, 1.82) is 0 Å². The van der Waals surface area contributed by atoms with E-state index in [9.17, 15) is 14.7 Å². The van der Waals surface area contributed by atoms with Crippen LogP contribution in [0.3, 0.4) is 0 Å². The fourth-order valence-corrected chi connectivity index (χ4v) is 8.30. The van der Waals surface area contributed by atoms with Crippen molar-refractivity contribution < 1.29 is 24.2 Å². The molecule has 0 saturated heterocycles. The third kappa shape index (κ3) is 3.67. The molecule has 4 aliphatic carbocycles. The molecule has 1 N–H and O–H groups in total. The lowest BCUT2D eigenvalue weighted by molar-refractivity contribution is -0.161. The molecule has 8 rings (SSSR count). The summed E-state index contributed by atoms with van der Waals surface area (Å²) in [6, 6.07) is 16.9. The smallest absolute Gasteiger partial charge is 0.330 e. The average Bonchev–Trinajstić information content (AvgIpc) is 3.41. The van der Waals surface area contributed by atoms with Crippen molar-refractivity contribution in [2.24, 2.45) is 23.7 Å². The molecule has 41 heavy (non-hydrogen) atoms. The van der Waals surface area contributed by atoms with E-state index in [1.165, 1.54) is 11.3 Å². The number of ether oxygens (including phenoxy) is 2. The van der Waals surface area contributed by atoms with E-state index in [0.29, 0.717) is 46.8 Å². The number of nitrogens with zero attached hydrogens (tertiary/aromatic N) is 4. The molecule has 2 aromatic heterocycles. The van der Waals surface area contributed by atoms with Gasteiger partial charge in [-0.25, -0.2) is 9.48 Å². The van der Waals surface area contributed by atoms with Crippen LogP contribution in [0.25, 0.3) is 27.8 Å². The fourth-order valence-electron chi connectivity index (χ4n) is 8.30. The number of hydrogen-bond acceptors (Lipinski definition) is 6. The Balaban J connectivity index is 1.48. The first-order chi connectivity index (χ1) is 20.0. The van der Waals surface area contributed by atoms with Crippen molar-refractivity contribution in [2.75, 3.05) is 19.1 Å². The van der Waals surface area contributed by atoms with Crippen LogP contribution in [-0.2, 0) is 9.59 Å². The highest BCUT2D eigenvalue weighted by atomic mass is 16.5. The first kappa shape index (κ1) is 25.6. The van der Waals surface area contributed by atoms with Crippen molar-refractivity contribution >= 4 is 29.1 Å². The van der Waals surface area contributed by atoms with Gasteiger partial charge >= 0.3 is 5.97 Å². The molecule has 9 nitrogen and oxygen atoms in total. The summed E-state index contributed by atoms with van der Waals surface area (Å²) >= 11 is 0. The van der Waals surface area contributed by atoms with Crippen molar-refractivity contribution in [3.05, 3.63) is 60.8 Å². The van der Waals surface area contributed by atoms with Crippen LogP contribution in [0.15, 0.2) is 60.8 Å². The van der Waals surface area contributed by atoms with Gasteiger partial charge in [0.25, 0.3) is 0 Å². The Morgan fingerprint density at radius 2 is 1.63 bits per heavy atom. The quantitative estimate of drug-likeness (QED) is 0.294. The Bertz CT molecular complexity index is 1610. The second-order valence-corrected chi connectivity index (χ2v) is 11.6. The van der Waals surface area contributed by atoms with Crippen LogP contribution in [0.5, 0.6) is 11.5 Å². The number of fused-ring (bicyclic) bond motifs is 1. The molecule has 210 valence electrons. The van der Waals surface area contributed by atoms with Gasteiger partial charge < -0.3 is 14.6 Å².